The fraction of sp³-hybridized carbons (Fsp3) is 0.235. The lowest BCUT2D eigenvalue weighted by Gasteiger charge is -2.15. The zero-order valence-corrected chi connectivity index (χ0v) is 13.4. The molecule has 2 aromatic rings. The van der Waals surface area contributed by atoms with Gasteiger partial charge in [-0.15, -0.1) is 0 Å². The molecule has 2 aromatic carbocycles. The molecule has 0 saturated heterocycles. The predicted molar refractivity (Wildman–Crippen MR) is 88.2 cm³/mol. The Morgan fingerprint density at radius 3 is 2.59 bits per heavy atom. The molecule has 0 aromatic heterocycles. The normalized spacial score (nSPS) is 11.6. The molecule has 0 aliphatic carbocycles. The maximum Gasteiger partial charge on any atom is 0.315 e. The first kappa shape index (κ1) is 16.2. The monoisotopic (exact) mass is 318 g/mol. The molecule has 2 rings (SSSR count). The van der Waals surface area contributed by atoms with E-state index in [0.29, 0.717) is 11.6 Å². The van der Waals surface area contributed by atoms with Crippen molar-refractivity contribution < 1.29 is 9.53 Å². The summed E-state index contributed by atoms with van der Waals surface area (Å²) in [6.07, 6.45) is 0. The third-order valence-corrected chi connectivity index (χ3v) is 3.54. The van der Waals surface area contributed by atoms with Crippen molar-refractivity contribution in [2.45, 2.75) is 19.5 Å². The Morgan fingerprint density at radius 2 is 1.95 bits per heavy atom. The molecule has 0 fully saturated rings. The van der Waals surface area contributed by atoms with E-state index in [9.17, 15) is 4.79 Å². The Kier molecular flexibility index (Phi) is 5.67. The Balaban J connectivity index is 1.85. The fourth-order valence-corrected chi connectivity index (χ4v) is 2.27. The van der Waals surface area contributed by atoms with Crippen molar-refractivity contribution >= 4 is 17.6 Å². The van der Waals surface area contributed by atoms with Gasteiger partial charge >= 0.3 is 6.03 Å². The molecule has 0 aliphatic heterocycles. The summed E-state index contributed by atoms with van der Waals surface area (Å²) < 4.78 is 5.12. The Morgan fingerprint density at radius 1 is 1.23 bits per heavy atom. The van der Waals surface area contributed by atoms with Crippen LogP contribution in [0.3, 0.4) is 0 Å². The number of methoxy groups -OCH3 is 1. The maximum absolute atomic E-state index is 11.9. The molecular weight excluding hydrogens is 300 g/mol. The summed E-state index contributed by atoms with van der Waals surface area (Å²) in [5.41, 5.74) is 1.97. The van der Waals surface area contributed by atoms with Crippen molar-refractivity contribution in [3.05, 3.63) is 64.7 Å². The Bertz CT molecular complexity index is 629. The molecule has 1 atom stereocenters. The lowest BCUT2D eigenvalue weighted by atomic mass is 10.1. The molecule has 2 amide bonds. The van der Waals surface area contributed by atoms with Gasteiger partial charge in [0.2, 0.25) is 0 Å². The van der Waals surface area contributed by atoms with Crippen LogP contribution in [0.25, 0.3) is 0 Å². The minimum absolute atomic E-state index is 0.0923. The van der Waals surface area contributed by atoms with E-state index < -0.39 is 0 Å². The molecule has 5 heteroatoms. The number of carbonyl (C=O) groups excluding carboxylic acids is 1. The number of urea groups is 1. The van der Waals surface area contributed by atoms with Crippen LogP contribution in [0.15, 0.2) is 48.5 Å². The van der Waals surface area contributed by atoms with E-state index in [4.69, 9.17) is 16.3 Å². The third-order valence-electron chi connectivity index (χ3n) is 3.31. The molecule has 0 heterocycles. The standard InChI is InChI=1S/C17H19ClN2O2/c1-12(14-6-8-16(22-2)9-7-14)20-17(21)19-11-13-4-3-5-15(18)10-13/h3-10,12H,11H2,1-2H3,(H2,19,20,21). The number of amides is 2. The van der Waals surface area contributed by atoms with Gasteiger partial charge in [0.25, 0.3) is 0 Å². The van der Waals surface area contributed by atoms with Crippen LogP contribution in [0.5, 0.6) is 5.75 Å². The van der Waals surface area contributed by atoms with Crippen molar-refractivity contribution in [2.75, 3.05) is 7.11 Å². The highest BCUT2D eigenvalue weighted by Crippen LogP contribution is 2.17. The number of nitrogens with one attached hydrogen (secondary N) is 2. The van der Waals surface area contributed by atoms with Crippen LogP contribution in [0.4, 0.5) is 4.79 Å². The second-order valence-corrected chi connectivity index (χ2v) is 5.39. The van der Waals surface area contributed by atoms with Crippen molar-refractivity contribution in [3.63, 3.8) is 0 Å². The van der Waals surface area contributed by atoms with Crippen LogP contribution in [0.1, 0.15) is 24.1 Å². The first-order chi connectivity index (χ1) is 10.6. The molecule has 2 N–H and O–H groups in total. The number of rotatable bonds is 5. The van der Waals surface area contributed by atoms with Gasteiger partial charge in [-0.3, -0.25) is 0 Å². The van der Waals surface area contributed by atoms with Gasteiger partial charge in [-0.05, 0) is 42.3 Å². The SMILES string of the molecule is COc1ccc(C(C)NC(=O)NCc2cccc(Cl)c2)cc1. The zero-order chi connectivity index (χ0) is 15.9. The van der Waals surface area contributed by atoms with Crippen molar-refractivity contribution in [1.82, 2.24) is 10.6 Å². The van der Waals surface area contributed by atoms with Gasteiger partial charge in [0.05, 0.1) is 13.2 Å². The molecule has 0 saturated carbocycles. The summed E-state index contributed by atoms with van der Waals surface area (Å²) in [6, 6.07) is 14.7. The van der Waals surface area contributed by atoms with Gasteiger partial charge in [-0.1, -0.05) is 35.9 Å². The Hall–Kier alpha value is -2.20. The van der Waals surface area contributed by atoms with Crippen molar-refractivity contribution in [2.24, 2.45) is 0 Å². The van der Waals surface area contributed by atoms with Gasteiger partial charge in [-0.25, -0.2) is 4.79 Å². The van der Waals surface area contributed by atoms with Crippen LogP contribution < -0.4 is 15.4 Å². The summed E-state index contributed by atoms with van der Waals surface area (Å²) in [4.78, 5) is 11.9. The number of hydrogen-bond donors (Lipinski definition) is 2. The van der Waals surface area contributed by atoms with Gasteiger partial charge in [0, 0.05) is 11.6 Å². The number of ether oxygens (including phenoxy) is 1. The minimum atomic E-state index is -0.219. The molecule has 4 nitrogen and oxygen atoms in total. The summed E-state index contributed by atoms with van der Waals surface area (Å²) in [5.74, 6) is 0.793. The van der Waals surface area contributed by atoms with E-state index in [1.54, 1.807) is 13.2 Å². The fourth-order valence-electron chi connectivity index (χ4n) is 2.05. The van der Waals surface area contributed by atoms with Crippen LogP contribution >= 0.6 is 11.6 Å². The van der Waals surface area contributed by atoms with Crippen molar-refractivity contribution in [3.8, 4) is 5.75 Å². The van der Waals surface area contributed by atoms with E-state index in [1.165, 1.54) is 0 Å². The molecule has 1 unspecified atom stereocenters. The number of halogens is 1. The van der Waals surface area contributed by atoms with Crippen molar-refractivity contribution in [1.29, 1.82) is 0 Å². The quantitative estimate of drug-likeness (QED) is 0.878. The van der Waals surface area contributed by atoms with E-state index in [0.717, 1.165) is 16.9 Å². The molecule has 0 spiro atoms. The predicted octanol–water partition coefficient (Wildman–Crippen LogP) is 3.91. The van der Waals surface area contributed by atoms with Crippen LogP contribution in [0, 0.1) is 0 Å². The van der Waals surface area contributed by atoms with Gasteiger partial charge in [0.1, 0.15) is 5.75 Å². The van der Waals surface area contributed by atoms with E-state index in [2.05, 4.69) is 10.6 Å². The first-order valence-electron chi connectivity index (χ1n) is 7.01. The van der Waals surface area contributed by atoms with Crippen LogP contribution in [0.2, 0.25) is 5.02 Å². The van der Waals surface area contributed by atoms with Crippen LogP contribution in [-0.4, -0.2) is 13.1 Å². The Labute approximate surface area is 135 Å². The summed E-state index contributed by atoms with van der Waals surface area (Å²) in [7, 11) is 1.62. The second-order valence-electron chi connectivity index (χ2n) is 4.95. The zero-order valence-electron chi connectivity index (χ0n) is 12.6. The highest BCUT2D eigenvalue weighted by atomic mass is 35.5. The minimum Gasteiger partial charge on any atom is -0.497 e. The van der Waals surface area contributed by atoms with E-state index in [-0.39, 0.29) is 12.1 Å². The lowest BCUT2D eigenvalue weighted by Crippen LogP contribution is -2.36. The topological polar surface area (TPSA) is 50.4 Å². The smallest absolute Gasteiger partial charge is 0.315 e. The molecule has 116 valence electrons. The highest BCUT2D eigenvalue weighted by Gasteiger charge is 2.09. The maximum atomic E-state index is 11.9. The second kappa shape index (κ2) is 7.71. The molecule has 0 radical (unpaired) electrons. The summed E-state index contributed by atoms with van der Waals surface area (Å²) in [6.45, 7) is 2.36. The van der Waals surface area contributed by atoms with Gasteiger partial charge in [-0.2, -0.15) is 0 Å². The highest BCUT2D eigenvalue weighted by molar-refractivity contribution is 6.30. The number of hydrogen-bond acceptors (Lipinski definition) is 2. The van der Waals surface area contributed by atoms with Gasteiger partial charge < -0.3 is 15.4 Å². The lowest BCUT2D eigenvalue weighted by molar-refractivity contribution is 0.237. The first-order valence-corrected chi connectivity index (χ1v) is 7.39. The summed E-state index contributed by atoms with van der Waals surface area (Å²) >= 11 is 5.91. The van der Waals surface area contributed by atoms with Gasteiger partial charge in [0.15, 0.2) is 0 Å². The van der Waals surface area contributed by atoms with E-state index in [1.807, 2.05) is 49.4 Å². The third kappa shape index (κ3) is 4.67. The van der Waals surface area contributed by atoms with Crippen LogP contribution in [-0.2, 0) is 6.54 Å². The molecule has 0 bridgehead atoms. The average molecular weight is 319 g/mol. The average Bonchev–Trinajstić information content (AvgIpc) is 2.53. The number of carbonyl (C=O) groups is 1. The molecular formula is C17H19ClN2O2. The molecule has 0 aliphatic rings. The number of benzene rings is 2. The largest absolute Gasteiger partial charge is 0.497 e. The van der Waals surface area contributed by atoms with E-state index >= 15 is 0 Å². The summed E-state index contributed by atoms with van der Waals surface area (Å²) in [5, 5.41) is 6.37. The molecule has 22 heavy (non-hydrogen) atoms.